The molecule has 3 rings (SSSR count). The number of hydrogen-bond acceptors (Lipinski definition) is 4. The van der Waals surface area contributed by atoms with E-state index in [2.05, 4.69) is 0 Å². The molecule has 0 radical (unpaired) electrons. The summed E-state index contributed by atoms with van der Waals surface area (Å²) in [4.78, 5) is 12.9. The minimum absolute atomic E-state index is 0.0203. The van der Waals surface area contributed by atoms with Crippen molar-refractivity contribution in [1.82, 2.24) is 4.31 Å². The number of hydrogen-bond donors (Lipinski definition) is 1. The molecule has 0 saturated heterocycles. The Kier molecular flexibility index (Phi) is 7.80. The van der Waals surface area contributed by atoms with Gasteiger partial charge >= 0.3 is 12.1 Å². The first-order valence-electron chi connectivity index (χ1n) is 11.3. The van der Waals surface area contributed by atoms with E-state index in [4.69, 9.17) is 0 Å². The van der Waals surface area contributed by atoms with Crippen LogP contribution in [0.4, 0.5) is 23.2 Å². The van der Waals surface area contributed by atoms with Gasteiger partial charge in [-0.25, -0.2) is 12.8 Å². The van der Waals surface area contributed by atoms with Gasteiger partial charge in [0.25, 0.3) is 0 Å². The van der Waals surface area contributed by atoms with E-state index in [0.717, 1.165) is 17.7 Å². The first kappa shape index (κ1) is 26.9. The number of halogens is 4. The van der Waals surface area contributed by atoms with Crippen LogP contribution in [-0.4, -0.2) is 50.0 Å². The maximum atomic E-state index is 14.5. The first-order valence-corrected chi connectivity index (χ1v) is 12.7. The second-order valence-corrected chi connectivity index (χ2v) is 10.5. The summed E-state index contributed by atoms with van der Waals surface area (Å²) in [6, 6.07) is 6.16. The van der Waals surface area contributed by atoms with Crippen molar-refractivity contribution in [2.75, 3.05) is 25.0 Å². The molecule has 0 saturated carbocycles. The Morgan fingerprint density at radius 1 is 1.17 bits per heavy atom. The Morgan fingerprint density at radius 3 is 2.40 bits per heavy atom. The number of sulfonamides is 1. The largest absolute Gasteiger partial charge is 0.481 e. The minimum atomic E-state index is -4.67. The van der Waals surface area contributed by atoms with E-state index in [1.165, 1.54) is 28.4 Å². The van der Waals surface area contributed by atoms with Crippen molar-refractivity contribution in [3.8, 4) is 0 Å². The van der Waals surface area contributed by atoms with Crippen LogP contribution >= 0.6 is 0 Å². The van der Waals surface area contributed by atoms with Crippen molar-refractivity contribution >= 4 is 21.7 Å². The van der Waals surface area contributed by atoms with Crippen LogP contribution in [-0.2, 0) is 27.4 Å². The summed E-state index contributed by atoms with van der Waals surface area (Å²) in [6.07, 6.45) is -3.34. The van der Waals surface area contributed by atoms with Gasteiger partial charge in [0.05, 0.1) is 22.1 Å². The molecule has 35 heavy (non-hydrogen) atoms. The second kappa shape index (κ2) is 10.1. The molecular weight excluding hydrogens is 488 g/mol. The van der Waals surface area contributed by atoms with Crippen LogP contribution in [0.3, 0.4) is 0 Å². The summed E-state index contributed by atoms with van der Waals surface area (Å²) in [6.45, 7) is 3.56. The van der Waals surface area contributed by atoms with Gasteiger partial charge in [-0.3, -0.25) is 4.79 Å². The van der Waals surface area contributed by atoms with E-state index in [1.54, 1.807) is 19.9 Å². The van der Waals surface area contributed by atoms with Crippen molar-refractivity contribution in [3.63, 3.8) is 0 Å². The number of likely N-dealkylation sites (N-methyl/N-ethyl adjacent to an activating group) is 2. The van der Waals surface area contributed by atoms with Gasteiger partial charge in [-0.05, 0) is 60.7 Å². The van der Waals surface area contributed by atoms with E-state index in [9.17, 15) is 35.9 Å². The number of carboxylic acids is 1. The van der Waals surface area contributed by atoms with Gasteiger partial charge in [0, 0.05) is 26.2 Å². The fraction of sp³-hybridized carbons (Fsp3) is 0.458. The Morgan fingerprint density at radius 2 is 1.86 bits per heavy atom. The van der Waals surface area contributed by atoms with Gasteiger partial charge in [0.2, 0.25) is 10.0 Å². The highest BCUT2D eigenvalue weighted by molar-refractivity contribution is 7.89. The highest BCUT2D eigenvalue weighted by Gasteiger charge is 2.35. The lowest BCUT2D eigenvalue weighted by molar-refractivity contribution is -0.139. The standard InChI is InChI=1S/C24H28F4N2O4S/c1-4-17(14-29(3)22-11-8-16(12-21(22)25)24(26,27)28)30(5-2)35(33,34)18-9-6-15-7-10-19(23(31)32)20(15)13-18/h6,8-9,11-13,17,19H,4-5,7,10,14H2,1-3H3,(H,31,32). The normalized spacial score (nSPS) is 16.9. The number of nitrogens with zero attached hydrogens (tertiary/aromatic N) is 2. The lowest BCUT2D eigenvalue weighted by atomic mass is 10.0. The lowest BCUT2D eigenvalue weighted by Crippen LogP contribution is -2.46. The monoisotopic (exact) mass is 516 g/mol. The molecule has 2 aromatic carbocycles. The maximum absolute atomic E-state index is 14.5. The Bertz CT molecular complexity index is 1200. The van der Waals surface area contributed by atoms with Crippen molar-refractivity contribution in [2.24, 2.45) is 0 Å². The molecule has 0 aliphatic heterocycles. The highest BCUT2D eigenvalue weighted by atomic mass is 32.2. The van der Waals surface area contributed by atoms with Crippen LogP contribution in [0.2, 0.25) is 0 Å². The summed E-state index contributed by atoms with van der Waals surface area (Å²) in [5.41, 5.74) is 0.121. The van der Waals surface area contributed by atoms with Crippen molar-refractivity contribution in [2.45, 2.75) is 56.1 Å². The molecule has 6 nitrogen and oxygen atoms in total. The highest BCUT2D eigenvalue weighted by Crippen LogP contribution is 2.36. The van der Waals surface area contributed by atoms with Crippen LogP contribution in [0.5, 0.6) is 0 Å². The van der Waals surface area contributed by atoms with E-state index < -0.39 is 45.5 Å². The van der Waals surface area contributed by atoms with Crippen LogP contribution in [0.15, 0.2) is 41.3 Å². The molecule has 1 aliphatic carbocycles. The summed E-state index contributed by atoms with van der Waals surface area (Å²) in [7, 11) is -2.54. The van der Waals surface area contributed by atoms with Gasteiger partial charge in [0.15, 0.2) is 0 Å². The molecule has 0 heterocycles. The molecule has 1 aliphatic rings. The van der Waals surface area contributed by atoms with E-state index in [-0.39, 0.29) is 23.7 Å². The fourth-order valence-electron chi connectivity index (χ4n) is 4.59. The minimum Gasteiger partial charge on any atom is -0.481 e. The van der Waals surface area contributed by atoms with E-state index >= 15 is 0 Å². The van der Waals surface area contributed by atoms with Gasteiger partial charge in [-0.15, -0.1) is 0 Å². The van der Waals surface area contributed by atoms with Crippen LogP contribution < -0.4 is 4.90 Å². The zero-order chi connectivity index (χ0) is 26.1. The summed E-state index contributed by atoms with van der Waals surface area (Å²) in [5, 5.41) is 9.47. The Balaban J connectivity index is 1.88. The summed E-state index contributed by atoms with van der Waals surface area (Å²) >= 11 is 0. The number of fused-ring (bicyclic) bond motifs is 1. The molecule has 0 amide bonds. The van der Waals surface area contributed by atoms with Crippen LogP contribution in [0, 0.1) is 5.82 Å². The molecule has 192 valence electrons. The van der Waals surface area contributed by atoms with Crippen LogP contribution in [0.1, 0.15) is 49.3 Å². The van der Waals surface area contributed by atoms with Crippen LogP contribution in [0.25, 0.3) is 0 Å². The molecule has 2 unspecified atom stereocenters. The third-order valence-corrected chi connectivity index (χ3v) is 8.48. The van der Waals surface area contributed by atoms with Gasteiger partial charge in [0.1, 0.15) is 5.82 Å². The predicted molar refractivity (Wildman–Crippen MR) is 123 cm³/mol. The SMILES string of the molecule is CCC(CN(C)c1ccc(C(F)(F)F)cc1F)N(CC)S(=O)(=O)c1ccc2c(c1)C(C(=O)O)CC2. The molecule has 0 bridgehead atoms. The number of carbonyl (C=O) groups is 1. The lowest BCUT2D eigenvalue weighted by Gasteiger charge is -2.33. The summed E-state index contributed by atoms with van der Waals surface area (Å²) < 4.78 is 81.4. The van der Waals surface area contributed by atoms with E-state index in [1.807, 2.05) is 0 Å². The second-order valence-electron chi connectivity index (χ2n) is 8.61. The zero-order valence-corrected chi connectivity index (χ0v) is 20.5. The number of aryl methyl sites for hydroxylation is 1. The first-order chi connectivity index (χ1) is 16.3. The molecule has 2 aromatic rings. The smallest absolute Gasteiger partial charge is 0.416 e. The Hall–Kier alpha value is -2.66. The number of alkyl halides is 3. The van der Waals surface area contributed by atoms with Crippen molar-refractivity contribution in [1.29, 1.82) is 0 Å². The molecule has 2 atom stereocenters. The van der Waals surface area contributed by atoms with Gasteiger partial charge < -0.3 is 10.0 Å². The topological polar surface area (TPSA) is 77.9 Å². The number of benzene rings is 2. The molecule has 11 heteroatoms. The number of carboxylic acid groups (broad SMARTS) is 1. The third-order valence-electron chi connectivity index (χ3n) is 6.46. The molecule has 0 aromatic heterocycles. The van der Waals surface area contributed by atoms with Gasteiger partial charge in [-0.1, -0.05) is 19.9 Å². The average Bonchev–Trinajstić information content (AvgIpc) is 3.21. The molecule has 0 spiro atoms. The molecule has 0 fully saturated rings. The summed E-state index contributed by atoms with van der Waals surface area (Å²) in [5.74, 6) is -2.82. The zero-order valence-electron chi connectivity index (χ0n) is 19.6. The molecule has 1 N–H and O–H groups in total. The number of rotatable bonds is 9. The maximum Gasteiger partial charge on any atom is 0.416 e. The fourth-order valence-corrected chi connectivity index (χ4v) is 6.32. The van der Waals surface area contributed by atoms with Crippen molar-refractivity contribution in [3.05, 3.63) is 58.9 Å². The van der Waals surface area contributed by atoms with Gasteiger partial charge in [-0.2, -0.15) is 17.5 Å². The Labute approximate surface area is 202 Å². The van der Waals surface area contributed by atoms with Crippen molar-refractivity contribution < 1.29 is 35.9 Å². The predicted octanol–water partition coefficient (Wildman–Crippen LogP) is 4.88. The quantitative estimate of drug-likeness (QED) is 0.481. The third kappa shape index (κ3) is 5.45. The number of anilines is 1. The van der Waals surface area contributed by atoms with E-state index in [0.29, 0.717) is 30.9 Å². The number of aliphatic carboxylic acids is 1. The average molecular weight is 517 g/mol. The molecular formula is C24H28F4N2O4S.